The smallest absolute Gasteiger partial charge is 0.328 e. The molecule has 0 aromatic heterocycles. The molecule has 0 saturated heterocycles. The number of rotatable bonds is 5. The molecule has 5 heteroatoms. The minimum Gasteiger partial charge on any atom is -0.467 e. The minimum atomic E-state index is -0.851. The first kappa shape index (κ1) is 19.4. The zero-order valence-corrected chi connectivity index (χ0v) is 16.5. The number of methoxy groups -OCH3 is 1. The number of fused-ring (bicyclic) bond motifs is 3. The van der Waals surface area contributed by atoms with Crippen LogP contribution in [0.3, 0.4) is 0 Å². The quantitative estimate of drug-likeness (QED) is 0.669. The third-order valence-electron chi connectivity index (χ3n) is 5.39. The zero-order chi connectivity index (χ0) is 21.1. The summed E-state index contributed by atoms with van der Waals surface area (Å²) in [5.74, 6) is -1.26. The summed E-state index contributed by atoms with van der Waals surface area (Å²) in [5.41, 5.74) is 5.19. The molecule has 1 aliphatic carbocycles. The van der Waals surface area contributed by atoms with Gasteiger partial charge in [-0.15, -0.1) is 0 Å². The maximum Gasteiger partial charge on any atom is 0.328 e. The number of hydrogen-bond acceptors (Lipinski definition) is 4. The molecule has 3 aromatic rings. The van der Waals surface area contributed by atoms with Gasteiger partial charge in [0.15, 0.2) is 0 Å². The monoisotopic (exact) mass is 396 g/mol. The highest BCUT2D eigenvalue weighted by atomic mass is 16.5. The zero-order valence-electron chi connectivity index (χ0n) is 16.5. The third-order valence-corrected chi connectivity index (χ3v) is 5.39. The topological polar surface area (TPSA) is 79.2 Å². The molecule has 30 heavy (non-hydrogen) atoms. The van der Waals surface area contributed by atoms with Gasteiger partial charge in [0.1, 0.15) is 6.04 Å². The summed E-state index contributed by atoms with van der Waals surface area (Å²) in [7, 11) is 1.30. The van der Waals surface area contributed by atoms with E-state index in [0.717, 1.165) is 27.8 Å². The van der Waals surface area contributed by atoms with Crippen LogP contribution >= 0.6 is 0 Å². The SMILES string of the molecule is COC(=O)[C@H](Cc1cccc(C#N)c1)NC(=O)C1c2ccccc2-c2ccccc21. The Kier molecular flexibility index (Phi) is 5.32. The van der Waals surface area contributed by atoms with Gasteiger partial charge in [0.05, 0.1) is 24.7 Å². The molecule has 0 radical (unpaired) electrons. The lowest BCUT2D eigenvalue weighted by atomic mass is 9.95. The van der Waals surface area contributed by atoms with E-state index in [4.69, 9.17) is 10.00 Å². The lowest BCUT2D eigenvalue weighted by molar-refractivity contribution is -0.145. The summed E-state index contributed by atoms with van der Waals surface area (Å²) in [5, 5.41) is 12.0. The molecule has 0 heterocycles. The van der Waals surface area contributed by atoms with Crippen molar-refractivity contribution in [2.75, 3.05) is 7.11 Å². The molecular formula is C25H20N2O3. The molecular weight excluding hydrogens is 376 g/mol. The molecule has 0 unspecified atom stereocenters. The number of benzene rings is 3. The molecule has 1 N–H and O–H groups in total. The Morgan fingerprint density at radius 1 is 1.00 bits per heavy atom. The molecule has 0 aliphatic heterocycles. The van der Waals surface area contributed by atoms with E-state index in [0.29, 0.717) is 5.56 Å². The highest BCUT2D eigenvalue weighted by Gasteiger charge is 2.35. The second-order valence-corrected chi connectivity index (χ2v) is 7.21. The van der Waals surface area contributed by atoms with E-state index in [9.17, 15) is 9.59 Å². The van der Waals surface area contributed by atoms with Gasteiger partial charge in [-0.1, -0.05) is 60.7 Å². The second-order valence-electron chi connectivity index (χ2n) is 7.21. The lowest BCUT2D eigenvalue weighted by Gasteiger charge is -2.20. The van der Waals surface area contributed by atoms with Crippen molar-refractivity contribution in [3.63, 3.8) is 0 Å². The highest BCUT2D eigenvalue weighted by molar-refractivity contribution is 5.97. The van der Waals surface area contributed by atoms with Gasteiger partial charge in [-0.05, 0) is 39.9 Å². The van der Waals surface area contributed by atoms with Crippen molar-refractivity contribution in [3.8, 4) is 17.2 Å². The maximum absolute atomic E-state index is 13.3. The molecule has 148 valence electrons. The van der Waals surface area contributed by atoms with Gasteiger partial charge >= 0.3 is 5.97 Å². The van der Waals surface area contributed by atoms with E-state index in [1.54, 1.807) is 18.2 Å². The van der Waals surface area contributed by atoms with Crippen LogP contribution in [0.1, 0.15) is 28.2 Å². The molecule has 0 fully saturated rings. The van der Waals surface area contributed by atoms with Gasteiger partial charge in [0, 0.05) is 6.42 Å². The number of nitriles is 1. The van der Waals surface area contributed by atoms with Crippen LogP contribution in [-0.4, -0.2) is 25.0 Å². The molecule has 0 bridgehead atoms. The van der Waals surface area contributed by atoms with Gasteiger partial charge in [-0.2, -0.15) is 5.26 Å². The van der Waals surface area contributed by atoms with Crippen molar-refractivity contribution < 1.29 is 14.3 Å². The summed E-state index contributed by atoms with van der Waals surface area (Å²) in [4.78, 5) is 25.8. The average Bonchev–Trinajstić information content (AvgIpc) is 3.13. The Morgan fingerprint density at radius 2 is 1.63 bits per heavy atom. The van der Waals surface area contributed by atoms with E-state index < -0.39 is 17.9 Å². The fraction of sp³-hybridized carbons (Fsp3) is 0.160. The molecule has 1 atom stereocenters. The van der Waals surface area contributed by atoms with E-state index >= 15 is 0 Å². The van der Waals surface area contributed by atoms with E-state index in [1.165, 1.54) is 7.11 Å². The fourth-order valence-electron chi connectivity index (χ4n) is 4.03. The van der Waals surface area contributed by atoms with Crippen LogP contribution in [0, 0.1) is 11.3 Å². The first-order valence-corrected chi connectivity index (χ1v) is 9.68. The van der Waals surface area contributed by atoms with Crippen molar-refractivity contribution in [1.29, 1.82) is 5.26 Å². The molecule has 4 rings (SSSR count). The first-order chi connectivity index (χ1) is 14.6. The summed E-state index contributed by atoms with van der Waals surface area (Å²) in [6.45, 7) is 0. The molecule has 5 nitrogen and oxygen atoms in total. The Morgan fingerprint density at radius 3 is 2.23 bits per heavy atom. The number of carbonyl (C=O) groups excluding carboxylic acids is 2. The molecule has 0 saturated carbocycles. The Hall–Kier alpha value is -3.91. The van der Waals surface area contributed by atoms with Crippen molar-refractivity contribution in [1.82, 2.24) is 5.32 Å². The van der Waals surface area contributed by atoms with Crippen LogP contribution in [-0.2, 0) is 20.7 Å². The summed E-state index contributed by atoms with van der Waals surface area (Å²) >= 11 is 0. The largest absolute Gasteiger partial charge is 0.467 e. The van der Waals surface area contributed by atoms with Crippen LogP contribution in [0.5, 0.6) is 0 Å². The molecule has 3 aromatic carbocycles. The predicted octanol–water partition coefficient (Wildman–Crippen LogP) is 3.57. The van der Waals surface area contributed by atoms with Crippen molar-refractivity contribution in [2.45, 2.75) is 18.4 Å². The Balaban J connectivity index is 1.63. The number of ether oxygens (including phenoxy) is 1. The maximum atomic E-state index is 13.3. The summed E-state index contributed by atoms with van der Waals surface area (Å²) in [6.07, 6.45) is 0.240. The van der Waals surface area contributed by atoms with Crippen LogP contribution in [0.4, 0.5) is 0 Å². The fourth-order valence-corrected chi connectivity index (χ4v) is 4.03. The van der Waals surface area contributed by atoms with Gasteiger partial charge in [-0.3, -0.25) is 4.79 Å². The van der Waals surface area contributed by atoms with Crippen LogP contribution in [0.2, 0.25) is 0 Å². The second kappa shape index (κ2) is 8.22. The molecule has 0 spiro atoms. The number of carbonyl (C=O) groups is 2. The average molecular weight is 396 g/mol. The van der Waals surface area contributed by atoms with Crippen LogP contribution in [0.15, 0.2) is 72.8 Å². The number of nitrogens with one attached hydrogen (secondary N) is 1. The Bertz CT molecular complexity index is 1120. The van der Waals surface area contributed by atoms with Crippen molar-refractivity contribution in [3.05, 3.63) is 95.1 Å². The van der Waals surface area contributed by atoms with Crippen molar-refractivity contribution >= 4 is 11.9 Å². The summed E-state index contributed by atoms with van der Waals surface area (Å²) < 4.78 is 4.92. The van der Waals surface area contributed by atoms with Gasteiger partial charge in [0.25, 0.3) is 0 Å². The number of hydrogen-bond donors (Lipinski definition) is 1. The minimum absolute atomic E-state index is 0.240. The van der Waals surface area contributed by atoms with Gasteiger partial charge < -0.3 is 10.1 Å². The van der Waals surface area contributed by atoms with Gasteiger partial charge in [-0.25, -0.2) is 4.79 Å². The Labute approximate surface area is 174 Å². The van der Waals surface area contributed by atoms with Crippen LogP contribution < -0.4 is 5.32 Å². The van der Waals surface area contributed by atoms with Gasteiger partial charge in [0.2, 0.25) is 5.91 Å². The summed E-state index contributed by atoms with van der Waals surface area (Å²) in [6, 6.07) is 23.9. The van der Waals surface area contributed by atoms with Crippen molar-refractivity contribution in [2.24, 2.45) is 0 Å². The number of esters is 1. The molecule has 1 amide bonds. The highest BCUT2D eigenvalue weighted by Crippen LogP contribution is 2.44. The third kappa shape index (κ3) is 3.56. The predicted molar refractivity (Wildman–Crippen MR) is 113 cm³/mol. The lowest BCUT2D eigenvalue weighted by Crippen LogP contribution is -2.45. The normalized spacial score (nSPS) is 12.9. The van der Waals surface area contributed by atoms with E-state index in [-0.39, 0.29) is 12.3 Å². The number of amides is 1. The molecule has 1 aliphatic rings. The van der Waals surface area contributed by atoms with Crippen LogP contribution in [0.25, 0.3) is 11.1 Å². The van der Waals surface area contributed by atoms with E-state index in [2.05, 4.69) is 11.4 Å². The number of nitrogens with zero attached hydrogens (tertiary/aromatic N) is 1. The van der Waals surface area contributed by atoms with E-state index in [1.807, 2.05) is 54.6 Å². The first-order valence-electron chi connectivity index (χ1n) is 9.68. The standard InChI is InChI=1S/C25H20N2O3/c1-30-25(29)22(14-16-7-6-8-17(13-16)15-26)27-24(28)23-20-11-4-2-9-18(20)19-10-3-5-12-21(19)23/h2-13,22-23H,14H2,1H3,(H,27,28)/t22-/m0/s1.